The molecule has 1 aromatic carbocycles. The van der Waals surface area contributed by atoms with Crippen molar-refractivity contribution in [1.82, 2.24) is 4.90 Å². The third-order valence-corrected chi connectivity index (χ3v) is 3.83. The second-order valence-electron chi connectivity index (χ2n) is 5.22. The summed E-state index contributed by atoms with van der Waals surface area (Å²) in [5.41, 5.74) is 7.12. The van der Waals surface area contributed by atoms with Crippen molar-refractivity contribution >= 4 is 17.5 Å². The van der Waals surface area contributed by atoms with Gasteiger partial charge in [-0.3, -0.25) is 4.79 Å². The standard InChI is InChI=1S/C15H21ClN2O/c16-13-8-6-12(7-9-13)3-1-5-15(19)18-10-2-4-14(17)11-18/h6-9,14H,1-5,10-11,17H2/t14-/m0/s1. The molecule has 1 atom stereocenters. The summed E-state index contributed by atoms with van der Waals surface area (Å²) in [7, 11) is 0. The topological polar surface area (TPSA) is 46.3 Å². The molecule has 0 radical (unpaired) electrons. The van der Waals surface area contributed by atoms with Crippen molar-refractivity contribution in [3.8, 4) is 0 Å². The predicted octanol–water partition coefficient (Wildman–Crippen LogP) is 2.61. The number of rotatable bonds is 4. The monoisotopic (exact) mass is 280 g/mol. The first-order valence-corrected chi connectivity index (χ1v) is 7.31. The van der Waals surface area contributed by atoms with Crippen molar-refractivity contribution in [3.63, 3.8) is 0 Å². The lowest BCUT2D eigenvalue weighted by Crippen LogP contribution is -2.45. The van der Waals surface area contributed by atoms with Crippen LogP contribution in [-0.2, 0) is 11.2 Å². The lowest BCUT2D eigenvalue weighted by atomic mass is 10.0. The van der Waals surface area contributed by atoms with Crippen LogP contribution in [0.1, 0.15) is 31.2 Å². The van der Waals surface area contributed by atoms with E-state index in [2.05, 4.69) is 0 Å². The molecule has 0 bridgehead atoms. The smallest absolute Gasteiger partial charge is 0.222 e. The van der Waals surface area contributed by atoms with Gasteiger partial charge >= 0.3 is 0 Å². The van der Waals surface area contributed by atoms with Gasteiger partial charge < -0.3 is 10.6 Å². The minimum absolute atomic E-state index is 0.161. The fourth-order valence-electron chi connectivity index (χ4n) is 2.49. The lowest BCUT2D eigenvalue weighted by Gasteiger charge is -2.30. The lowest BCUT2D eigenvalue weighted by molar-refractivity contribution is -0.132. The quantitative estimate of drug-likeness (QED) is 0.921. The summed E-state index contributed by atoms with van der Waals surface area (Å²) in [6.07, 6.45) is 4.48. The molecule has 0 aromatic heterocycles. The molecule has 0 spiro atoms. The number of aryl methyl sites for hydroxylation is 1. The molecule has 1 aromatic rings. The van der Waals surface area contributed by atoms with Crippen molar-refractivity contribution in [3.05, 3.63) is 34.9 Å². The Kier molecular flexibility index (Phi) is 5.23. The highest BCUT2D eigenvalue weighted by atomic mass is 35.5. The molecular weight excluding hydrogens is 260 g/mol. The maximum Gasteiger partial charge on any atom is 0.222 e. The number of likely N-dealkylation sites (tertiary alicyclic amines) is 1. The van der Waals surface area contributed by atoms with E-state index in [4.69, 9.17) is 17.3 Å². The summed E-state index contributed by atoms with van der Waals surface area (Å²) in [4.78, 5) is 13.9. The fraction of sp³-hybridized carbons (Fsp3) is 0.533. The van der Waals surface area contributed by atoms with Gasteiger partial charge in [-0.15, -0.1) is 0 Å². The maximum absolute atomic E-state index is 12.0. The first kappa shape index (κ1) is 14.4. The summed E-state index contributed by atoms with van der Waals surface area (Å²) in [6, 6.07) is 7.98. The van der Waals surface area contributed by atoms with E-state index in [-0.39, 0.29) is 11.9 Å². The Balaban J connectivity index is 1.73. The number of benzene rings is 1. The fourth-order valence-corrected chi connectivity index (χ4v) is 2.62. The van der Waals surface area contributed by atoms with E-state index < -0.39 is 0 Å². The zero-order chi connectivity index (χ0) is 13.7. The zero-order valence-electron chi connectivity index (χ0n) is 11.1. The largest absolute Gasteiger partial charge is 0.341 e. The van der Waals surface area contributed by atoms with Gasteiger partial charge in [0.05, 0.1) is 0 Å². The molecule has 3 nitrogen and oxygen atoms in total. The van der Waals surface area contributed by atoms with Gasteiger partial charge in [-0.25, -0.2) is 0 Å². The number of hydrogen-bond acceptors (Lipinski definition) is 2. The van der Waals surface area contributed by atoms with Gasteiger partial charge in [0.1, 0.15) is 0 Å². The van der Waals surface area contributed by atoms with Crippen LogP contribution in [0.15, 0.2) is 24.3 Å². The van der Waals surface area contributed by atoms with Crippen LogP contribution >= 0.6 is 11.6 Å². The van der Waals surface area contributed by atoms with Crippen molar-refractivity contribution in [2.75, 3.05) is 13.1 Å². The Bertz CT molecular complexity index is 419. The number of carbonyl (C=O) groups is 1. The SMILES string of the molecule is N[C@H]1CCCN(C(=O)CCCc2ccc(Cl)cc2)C1. The van der Waals surface area contributed by atoms with Gasteiger partial charge in [0, 0.05) is 30.6 Å². The predicted molar refractivity (Wildman–Crippen MR) is 78.2 cm³/mol. The summed E-state index contributed by atoms with van der Waals surface area (Å²) in [6.45, 7) is 1.59. The third kappa shape index (κ3) is 4.51. The van der Waals surface area contributed by atoms with Crippen LogP contribution in [0.25, 0.3) is 0 Å². The van der Waals surface area contributed by atoms with E-state index >= 15 is 0 Å². The van der Waals surface area contributed by atoms with Gasteiger partial charge in [0.15, 0.2) is 0 Å². The molecule has 4 heteroatoms. The van der Waals surface area contributed by atoms with Gasteiger partial charge in [-0.05, 0) is 43.4 Å². The molecule has 0 saturated carbocycles. The average Bonchev–Trinajstić information content (AvgIpc) is 2.41. The number of halogens is 1. The Morgan fingerprint density at radius 2 is 2.11 bits per heavy atom. The first-order chi connectivity index (χ1) is 9.15. The van der Waals surface area contributed by atoms with Crippen LogP contribution in [0.3, 0.4) is 0 Å². The molecule has 1 aliphatic rings. The van der Waals surface area contributed by atoms with Crippen molar-refractivity contribution in [1.29, 1.82) is 0 Å². The molecular formula is C15H21ClN2O. The Morgan fingerprint density at radius 3 is 2.79 bits per heavy atom. The van der Waals surface area contributed by atoms with Crippen LogP contribution in [0, 0.1) is 0 Å². The van der Waals surface area contributed by atoms with Crippen LogP contribution < -0.4 is 5.73 Å². The highest BCUT2D eigenvalue weighted by molar-refractivity contribution is 6.30. The normalized spacial score (nSPS) is 19.5. The average molecular weight is 281 g/mol. The molecule has 1 amide bonds. The molecule has 104 valence electrons. The summed E-state index contributed by atoms with van der Waals surface area (Å²) in [5.74, 6) is 0.240. The number of nitrogens with two attached hydrogens (primary N) is 1. The third-order valence-electron chi connectivity index (χ3n) is 3.58. The van der Waals surface area contributed by atoms with E-state index in [0.29, 0.717) is 6.42 Å². The molecule has 0 aliphatic carbocycles. The summed E-state index contributed by atoms with van der Waals surface area (Å²) >= 11 is 5.84. The molecule has 1 saturated heterocycles. The second kappa shape index (κ2) is 6.92. The molecule has 0 unspecified atom stereocenters. The molecule has 2 rings (SSSR count). The van der Waals surface area contributed by atoms with E-state index in [9.17, 15) is 4.79 Å². The van der Waals surface area contributed by atoms with Crippen molar-refractivity contribution in [2.24, 2.45) is 5.73 Å². The van der Waals surface area contributed by atoms with E-state index in [1.54, 1.807) is 0 Å². The number of piperidine rings is 1. The highest BCUT2D eigenvalue weighted by Gasteiger charge is 2.20. The Hall–Kier alpha value is -1.06. The van der Waals surface area contributed by atoms with Gasteiger partial charge in [-0.1, -0.05) is 23.7 Å². The van der Waals surface area contributed by atoms with Crippen molar-refractivity contribution < 1.29 is 4.79 Å². The van der Waals surface area contributed by atoms with Gasteiger partial charge in [0.2, 0.25) is 5.91 Å². The van der Waals surface area contributed by atoms with E-state index in [1.165, 1.54) is 5.56 Å². The number of carbonyl (C=O) groups excluding carboxylic acids is 1. The Labute approximate surface area is 119 Å². The Morgan fingerprint density at radius 1 is 1.37 bits per heavy atom. The molecule has 1 heterocycles. The molecule has 19 heavy (non-hydrogen) atoms. The van der Waals surface area contributed by atoms with Crippen LogP contribution in [0.4, 0.5) is 0 Å². The van der Waals surface area contributed by atoms with Crippen LogP contribution in [-0.4, -0.2) is 29.9 Å². The number of nitrogens with zero attached hydrogens (tertiary/aromatic N) is 1. The van der Waals surface area contributed by atoms with Gasteiger partial charge in [-0.2, -0.15) is 0 Å². The maximum atomic E-state index is 12.0. The molecule has 1 fully saturated rings. The second-order valence-corrected chi connectivity index (χ2v) is 5.66. The molecule has 2 N–H and O–H groups in total. The molecule has 1 aliphatic heterocycles. The van der Waals surface area contributed by atoms with Crippen LogP contribution in [0.5, 0.6) is 0 Å². The van der Waals surface area contributed by atoms with E-state index in [0.717, 1.165) is 43.8 Å². The van der Waals surface area contributed by atoms with E-state index in [1.807, 2.05) is 29.2 Å². The van der Waals surface area contributed by atoms with Gasteiger partial charge in [0.25, 0.3) is 0 Å². The minimum Gasteiger partial charge on any atom is -0.341 e. The summed E-state index contributed by atoms with van der Waals surface area (Å²) in [5, 5.41) is 0.752. The van der Waals surface area contributed by atoms with Crippen molar-refractivity contribution in [2.45, 2.75) is 38.1 Å². The minimum atomic E-state index is 0.161. The number of amides is 1. The summed E-state index contributed by atoms with van der Waals surface area (Å²) < 4.78 is 0. The zero-order valence-corrected chi connectivity index (χ0v) is 11.9. The first-order valence-electron chi connectivity index (χ1n) is 6.93. The number of hydrogen-bond donors (Lipinski definition) is 1. The van der Waals surface area contributed by atoms with Crippen LogP contribution in [0.2, 0.25) is 5.02 Å². The highest BCUT2D eigenvalue weighted by Crippen LogP contribution is 2.14.